The van der Waals surface area contributed by atoms with Crippen LogP contribution in [-0.4, -0.2) is 30.1 Å². The van der Waals surface area contributed by atoms with Gasteiger partial charge in [0, 0.05) is 19.3 Å². The summed E-state index contributed by atoms with van der Waals surface area (Å²) in [4.78, 5) is 4.37. The van der Waals surface area contributed by atoms with Crippen LogP contribution in [0.25, 0.3) is 0 Å². The third-order valence-electron chi connectivity index (χ3n) is 1.85. The number of hydrogen-bond donors (Lipinski definition) is 0. The minimum atomic E-state index is 0.627. The molecule has 0 N–H and O–H groups in total. The SMILES string of the molecule is CC1CN=C2C=CC=NN2C1. The van der Waals surface area contributed by atoms with Crippen molar-refractivity contribution < 1.29 is 0 Å². The largest absolute Gasteiger partial charge is 0.267 e. The van der Waals surface area contributed by atoms with E-state index in [0.29, 0.717) is 5.92 Å². The lowest BCUT2D eigenvalue weighted by molar-refractivity contribution is 0.350. The minimum absolute atomic E-state index is 0.627. The van der Waals surface area contributed by atoms with Crippen LogP contribution in [0.3, 0.4) is 0 Å². The van der Waals surface area contributed by atoms with Crippen molar-refractivity contribution in [1.29, 1.82) is 0 Å². The molecule has 0 fully saturated rings. The molecule has 58 valence electrons. The molecule has 0 amide bonds. The van der Waals surface area contributed by atoms with Crippen molar-refractivity contribution in [2.75, 3.05) is 13.1 Å². The Morgan fingerprint density at radius 1 is 1.64 bits per heavy atom. The lowest BCUT2D eigenvalue weighted by atomic mass is 10.1. The first-order valence-corrected chi connectivity index (χ1v) is 3.89. The van der Waals surface area contributed by atoms with Crippen molar-refractivity contribution in [3.8, 4) is 0 Å². The first-order valence-electron chi connectivity index (χ1n) is 3.89. The van der Waals surface area contributed by atoms with Crippen LogP contribution in [0.4, 0.5) is 0 Å². The van der Waals surface area contributed by atoms with Crippen molar-refractivity contribution in [3.63, 3.8) is 0 Å². The number of rotatable bonds is 0. The molecule has 3 nitrogen and oxygen atoms in total. The molecule has 0 saturated carbocycles. The molecule has 0 spiro atoms. The van der Waals surface area contributed by atoms with E-state index in [9.17, 15) is 0 Å². The van der Waals surface area contributed by atoms with Crippen molar-refractivity contribution in [1.82, 2.24) is 5.01 Å². The predicted octanol–water partition coefficient (Wildman–Crippen LogP) is 0.892. The zero-order chi connectivity index (χ0) is 7.68. The molecular weight excluding hydrogens is 138 g/mol. The molecule has 2 rings (SSSR count). The van der Waals surface area contributed by atoms with Crippen LogP contribution in [0.5, 0.6) is 0 Å². The van der Waals surface area contributed by atoms with Crippen molar-refractivity contribution in [2.24, 2.45) is 16.0 Å². The quantitative estimate of drug-likeness (QED) is 0.502. The van der Waals surface area contributed by atoms with Gasteiger partial charge in [0.2, 0.25) is 0 Å². The smallest absolute Gasteiger partial charge is 0.144 e. The maximum Gasteiger partial charge on any atom is 0.144 e. The van der Waals surface area contributed by atoms with Crippen LogP contribution in [0.2, 0.25) is 0 Å². The molecular formula is C8H11N3. The number of allylic oxidation sites excluding steroid dienone is 1. The lowest BCUT2D eigenvalue weighted by Gasteiger charge is -2.27. The summed E-state index contributed by atoms with van der Waals surface area (Å²) in [6.45, 7) is 4.12. The molecule has 3 heteroatoms. The normalized spacial score (nSPS) is 28.3. The molecule has 0 aromatic heterocycles. The number of aliphatic imine (C=N–C) groups is 1. The van der Waals surface area contributed by atoms with Gasteiger partial charge in [-0.25, -0.2) is 5.01 Å². The fourth-order valence-electron chi connectivity index (χ4n) is 1.27. The average Bonchev–Trinajstić information content (AvgIpc) is 2.04. The summed E-state index contributed by atoms with van der Waals surface area (Å²) < 4.78 is 0. The van der Waals surface area contributed by atoms with Gasteiger partial charge in [-0.15, -0.1) is 0 Å². The highest BCUT2D eigenvalue weighted by atomic mass is 15.5. The van der Waals surface area contributed by atoms with Gasteiger partial charge in [-0.2, -0.15) is 5.10 Å². The fraction of sp³-hybridized carbons (Fsp3) is 0.500. The molecule has 11 heavy (non-hydrogen) atoms. The van der Waals surface area contributed by atoms with Crippen LogP contribution in [0, 0.1) is 5.92 Å². The highest BCUT2D eigenvalue weighted by molar-refractivity contribution is 5.98. The van der Waals surface area contributed by atoms with Crippen LogP contribution in [0.15, 0.2) is 22.2 Å². The van der Waals surface area contributed by atoms with Gasteiger partial charge in [-0.05, 0) is 18.1 Å². The van der Waals surface area contributed by atoms with Gasteiger partial charge in [0.05, 0.1) is 0 Å². The standard InChI is InChI=1S/C8H11N3/c1-7-5-9-8-3-2-4-10-11(8)6-7/h2-4,7H,5-6H2,1H3. The zero-order valence-corrected chi connectivity index (χ0v) is 6.57. The van der Waals surface area contributed by atoms with Gasteiger partial charge in [-0.3, -0.25) is 4.99 Å². The molecule has 1 unspecified atom stereocenters. The number of fused-ring (bicyclic) bond motifs is 1. The lowest BCUT2D eigenvalue weighted by Crippen LogP contribution is -2.35. The Bertz CT molecular complexity index is 240. The Kier molecular flexibility index (Phi) is 1.49. The van der Waals surface area contributed by atoms with Crippen LogP contribution in [0.1, 0.15) is 6.92 Å². The van der Waals surface area contributed by atoms with Crippen LogP contribution < -0.4 is 0 Å². The Hall–Kier alpha value is -1.12. The summed E-state index contributed by atoms with van der Waals surface area (Å²) in [5.41, 5.74) is 0. The van der Waals surface area contributed by atoms with Crippen LogP contribution >= 0.6 is 0 Å². The Labute approximate surface area is 66.1 Å². The topological polar surface area (TPSA) is 28.0 Å². The highest BCUT2D eigenvalue weighted by Crippen LogP contribution is 2.11. The van der Waals surface area contributed by atoms with Gasteiger partial charge in [-0.1, -0.05) is 6.92 Å². The van der Waals surface area contributed by atoms with E-state index in [0.717, 1.165) is 18.9 Å². The van der Waals surface area contributed by atoms with Gasteiger partial charge in [0.15, 0.2) is 0 Å². The molecule has 0 aliphatic carbocycles. The molecule has 0 saturated heterocycles. The number of nitrogens with zero attached hydrogens (tertiary/aromatic N) is 3. The first-order chi connectivity index (χ1) is 5.36. The summed E-state index contributed by atoms with van der Waals surface area (Å²) in [6, 6.07) is 0. The van der Waals surface area contributed by atoms with E-state index in [4.69, 9.17) is 0 Å². The summed E-state index contributed by atoms with van der Waals surface area (Å²) in [5, 5.41) is 6.15. The van der Waals surface area contributed by atoms with Gasteiger partial charge < -0.3 is 0 Å². The summed E-state index contributed by atoms with van der Waals surface area (Å²) >= 11 is 0. The Balaban J connectivity index is 2.23. The second-order valence-corrected chi connectivity index (χ2v) is 3.01. The number of hydrogen-bond acceptors (Lipinski definition) is 3. The van der Waals surface area contributed by atoms with E-state index >= 15 is 0 Å². The van der Waals surface area contributed by atoms with Crippen molar-refractivity contribution in [3.05, 3.63) is 12.2 Å². The summed E-state index contributed by atoms with van der Waals surface area (Å²) in [7, 11) is 0. The van der Waals surface area contributed by atoms with Crippen molar-refractivity contribution in [2.45, 2.75) is 6.92 Å². The average molecular weight is 149 g/mol. The molecule has 2 aliphatic heterocycles. The molecule has 0 radical (unpaired) electrons. The van der Waals surface area contributed by atoms with E-state index in [1.165, 1.54) is 0 Å². The third kappa shape index (κ3) is 1.18. The number of amidine groups is 1. The minimum Gasteiger partial charge on any atom is -0.267 e. The predicted molar refractivity (Wildman–Crippen MR) is 45.8 cm³/mol. The van der Waals surface area contributed by atoms with E-state index < -0.39 is 0 Å². The molecule has 2 aliphatic rings. The van der Waals surface area contributed by atoms with E-state index in [-0.39, 0.29) is 0 Å². The van der Waals surface area contributed by atoms with E-state index in [1.807, 2.05) is 17.2 Å². The maximum atomic E-state index is 4.37. The van der Waals surface area contributed by atoms with Gasteiger partial charge in [0.25, 0.3) is 0 Å². The first kappa shape index (κ1) is 6.58. The second kappa shape index (κ2) is 2.49. The van der Waals surface area contributed by atoms with Crippen LogP contribution in [-0.2, 0) is 0 Å². The molecule has 2 heterocycles. The number of hydrazone groups is 1. The monoisotopic (exact) mass is 149 g/mol. The third-order valence-corrected chi connectivity index (χ3v) is 1.85. The maximum absolute atomic E-state index is 4.37. The Morgan fingerprint density at radius 2 is 2.55 bits per heavy atom. The molecule has 0 aromatic rings. The van der Waals surface area contributed by atoms with E-state index in [1.54, 1.807) is 6.21 Å². The van der Waals surface area contributed by atoms with E-state index in [2.05, 4.69) is 17.0 Å². The molecule has 0 bridgehead atoms. The second-order valence-electron chi connectivity index (χ2n) is 3.01. The summed E-state index contributed by atoms with van der Waals surface area (Å²) in [5.74, 6) is 1.63. The highest BCUT2D eigenvalue weighted by Gasteiger charge is 2.17. The zero-order valence-electron chi connectivity index (χ0n) is 6.57. The fourth-order valence-corrected chi connectivity index (χ4v) is 1.27. The molecule has 1 atom stereocenters. The Morgan fingerprint density at radius 3 is 3.45 bits per heavy atom. The summed E-state index contributed by atoms with van der Waals surface area (Å²) in [6.07, 6.45) is 5.72. The molecule has 0 aromatic carbocycles. The van der Waals surface area contributed by atoms with Gasteiger partial charge in [0.1, 0.15) is 5.84 Å². The van der Waals surface area contributed by atoms with Crippen molar-refractivity contribution >= 4 is 12.1 Å². The van der Waals surface area contributed by atoms with Gasteiger partial charge >= 0.3 is 0 Å².